The zero-order valence-electron chi connectivity index (χ0n) is 10.8. The van der Waals surface area contributed by atoms with Crippen LogP contribution in [0.25, 0.3) is 16.9 Å². The normalized spacial score (nSPS) is 10.8. The Morgan fingerprint density at radius 2 is 1.76 bits per heavy atom. The number of hydrogen-bond acceptors (Lipinski definition) is 2. The van der Waals surface area contributed by atoms with Gasteiger partial charge in [0.2, 0.25) is 0 Å². The fourth-order valence-corrected chi connectivity index (χ4v) is 2.27. The number of benzene rings is 2. The molecule has 0 fully saturated rings. The molecule has 3 nitrogen and oxygen atoms in total. The third kappa shape index (κ3) is 2.64. The first-order chi connectivity index (χ1) is 10.2. The summed E-state index contributed by atoms with van der Waals surface area (Å²) in [4.78, 5) is 0. The number of alkyl halides is 1. The third-order valence-corrected chi connectivity index (χ3v) is 3.29. The Labute approximate surface area is 124 Å². The predicted octanol–water partition coefficient (Wildman–Crippen LogP) is 3.95. The van der Waals surface area contributed by atoms with Gasteiger partial charge in [0.25, 0.3) is 0 Å². The molecule has 1 aromatic heterocycles. The second kappa shape index (κ2) is 5.61. The Morgan fingerprint density at radius 3 is 2.43 bits per heavy atom. The minimum atomic E-state index is -0.375. The molecule has 2 aromatic carbocycles. The summed E-state index contributed by atoms with van der Waals surface area (Å²) >= 11 is 5.88. The van der Waals surface area contributed by atoms with Crippen molar-refractivity contribution >= 4 is 11.6 Å². The van der Waals surface area contributed by atoms with E-state index >= 15 is 0 Å². The monoisotopic (exact) mass is 305 g/mol. The maximum absolute atomic E-state index is 13.4. The van der Waals surface area contributed by atoms with Crippen LogP contribution in [0.3, 0.4) is 0 Å². The summed E-state index contributed by atoms with van der Waals surface area (Å²) in [5, 5.41) is 8.02. The molecular weight excluding hydrogens is 296 g/mol. The van der Waals surface area contributed by atoms with Gasteiger partial charge in [-0.05, 0) is 42.5 Å². The maximum atomic E-state index is 13.4. The van der Waals surface area contributed by atoms with E-state index in [-0.39, 0.29) is 17.5 Å². The van der Waals surface area contributed by atoms with Crippen LogP contribution in [0.4, 0.5) is 8.78 Å². The van der Waals surface area contributed by atoms with Crippen LogP contribution in [0.1, 0.15) is 5.69 Å². The molecule has 106 valence electrons. The van der Waals surface area contributed by atoms with E-state index in [0.717, 1.165) is 0 Å². The van der Waals surface area contributed by atoms with E-state index in [1.807, 2.05) is 0 Å². The van der Waals surface area contributed by atoms with Crippen molar-refractivity contribution in [3.63, 3.8) is 0 Å². The van der Waals surface area contributed by atoms with Gasteiger partial charge in [-0.3, -0.25) is 0 Å². The maximum Gasteiger partial charge on any atom is 0.125 e. The summed E-state index contributed by atoms with van der Waals surface area (Å²) in [6.07, 6.45) is 0. The lowest BCUT2D eigenvalue weighted by Gasteiger charge is -2.08. The first-order valence-corrected chi connectivity index (χ1v) is 6.75. The number of halogens is 3. The fraction of sp³-hybridized carbons (Fsp3) is 0.0667. The van der Waals surface area contributed by atoms with Crippen molar-refractivity contribution in [3.8, 4) is 16.9 Å². The Kier molecular flexibility index (Phi) is 3.66. The van der Waals surface area contributed by atoms with Crippen LogP contribution >= 0.6 is 11.6 Å². The van der Waals surface area contributed by atoms with Crippen LogP contribution in [-0.4, -0.2) is 15.0 Å². The lowest BCUT2D eigenvalue weighted by Crippen LogP contribution is -2.00. The van der Waals surface area contributed by atoms with Crippen molar-refractivity contribution in [2.24, 2.45) is 0 Å². The Balaban J connectivity index is 2.19. The molecule has 0 bridgehead atoms. The van der Waals surface area contributed by atoms with Gasteiger partial charge in [-0.1, -0.05) is 11.3 Å². The van der Waals surface area contributed by atoms with E-state index in [0.29, 0.717) is 22.6 Å². The van der Waals surface area contributed by atoms with Gasteiger partial charge in [-0.15, -0.1) is 16.7 Å². The van der Waals surface area contributed by atoms with E-state index in [1.165, 1.54) is 28.9 Å². The largest absolute Gasteiger partial charge is 0.212 e. The first kappa shape index (κ1) is 13.7. The molecule has 0 saturated carbocycles. The molecule has 0 aliphatic rings. The fourth-order valence-electron chi connectivity index (χ4n) is 2.09. The molecular formula is C15H10ClF2N3. The summed E-state index contributed by atoms with van der Waals surface area (Å²) in [6.45, 7) is 0. The Morgan fingerprint density at radius 1 is 1.00 bits per heavy atom. The molecule has 0 aliphatic heterocycles. The average molecular weight is 306 g/mol. The van der Waals surface area contributed by atoms with Gasteiger partial charge >= 0.3 is 0 Å². The minimum absolute atomic E-state index is 0.155. The quantitative estimate of drug-likeness (QED) is 0.686. The second-order valence-corrected chi connectivity index (χ2v) is 4.68. The van der Waals surface area contributed by atoms with Crippen LogP contribution in [0, 0.1) is 11.6 Å². The van der Waals surface area contributed by atoms with E-state index in [1.54, 1.807) is 24.3 Å². The highest BCUT2D eigenvalue weighted by atomic mass is 35.5. The van der Waals surface area contributed by atoms with Gasteiger partial charge in [0.1, 0.15) is 17.3 Å². The summed E-state index contributed by atoms with van der Waals surface area (Å²) in [5.41, 5.74) is 2.41. The van der Waals surface area contributed by atoms with Crippen molar-refractivity contribution in [1.29, 1.82) is 0 Å². The Hall–Kier alpha value is -2.27. The SMILES string of the molecule is Fc1ccc(-c2c(CCl)nnn2-c2cccc(F)c2)cc1. The lowest BCUT2D eigenvalue weighted by atomic mass is 10.1. The zero-order valence-corrected chi connectivity index (χ0v) is 11.6. The highest BCUT2D eigenvalue weighted by molar-refractivity contribution is 6.17. The van der Waals surface area contributed by atoms with Gasteiger partial charge in [-0.25, -0.2) is 13.5 Å². The van der Waals surface area contributed by atoms with Crippen molar-refractivity contribution in [1.82, 2.24) is 15.0 Å². The molecule has 0 unspecified atom stereocenters. The summed E-state index contributed by atoms with van der Waals surface area (Å²) in [5.74, 6) is -0.557. The molecule has 6 heteroatoms. The average Bonchev–Trinajstić information content (AvgIpc) is 2.92. The van der Waals surface area contributed by atoms with Crippen molar-refractivity contribution in [2.75, 3.05) is 0 Å². The minimum Gasteiger partial charge on any atom is -0.212 e. The number of aromatic nitrogens is 3. The lowest BCUT2D eigenvalue weighted by molar-refractivity contribution is 0.625. The molecule has 0 radical (unpaired) electrons. The summed E-state index contributed by atoms with van der Waals surface area (Å²) in [7, 11) is 0. The van der Waals surface area contributed by atoms with Crippen LogP contribution in [0.15, 0.2) is 48.5 Å². The van der Waals surface area contributed by atoms with Crippen molar-refractivity contribution in [2.45, 2.75) is 5.88 Å². The highest BCUT2D eigenvalue weighted by Crippen LogP contribution is 2.26. The molecule has 3 rings (SSSR count). The van der Waals surface area contributed by atoms with Crippen LogP contribution in [0.2, 0.25) is 0 Å². The van der Waals surface area contributed by atoms with E-state index in [9.17, 15) is 8.78 Å². The molecule has 0 amide bonds. The van der Waals surface area contributed by atoms with Gasteiger partial charge < -0.3 is 0 Å². The molecule has 21 heavy (non-hydrogen) atoms. The molecule has 0 atom stereocenters. The van der Waals surface area contributed by atoms with Crippen molar-refractivity contribution < 1.29 is 8.78 Å². The van der Waals surface area contributed by atoms with Gasteiger partial charge in [0.05, 0.1) is 17.3 Å². The molecule has 0 spiro atoms. The topological polar surface area (TPSA) is 30.7 Å². The van der Waals surface area contributed by atoms with Gasteiger partial charge in [-0.2, -0.15) is 0 Å². The Bertz CT molecular complexity index is 769. The van der Waals surface area contributed by atoms with Gasteiger partial charge in [0, 0.05) is 5.56 Å². The highest BCUT2D eigenvalue weighted by Gasteiger charge is 2.16. The van der Waals surface area contributed by atoms with E-state index < -0.39 is 0 Å². The molecule has 3 aromatic rings. The third-order valence-electron chi connectivity index (χ3n) is 3.04. The first-order valence-electron chi connectivity index (χ1n) is 6.21. The summed E-state index contributed by atoms with van der Waals surface area (Å²) < 4.78 is 28.0. The number of rotatable bonds is 3. The molecule has 0 aliphatic carbocycles. The van der Waals surface area contributed by atoms with E-state index in [4.69, 9.17) is 11.6 Å². The molecule has 0 N–H and O–H groups in total. The number of hydrogen-bond donors (Lipinski definition) is 0. The number of nitrogens with zero attached hydrogens (tertiary/aromatic N) is 3. The second-order valence-electron chi connectivity index (χ2n) is 4.42. The van der Waals surface area contributed by atoms with Crippen LogP contribution in [0.5, 0.6) is 0 Å². The van der Waals surface area contributed by atoms with Crippen molar-refractivity contribution in [3.05, 3.63) is 65.9 Å². The summed E-state index contributed by atoms with van der Waals surface area (Å²) in [6, 6.07) is 11.9. The predicted molar refractivity (Wildman–Crippen MR) is 76.3 cm³/mol. The smallest absolute Gasteiger partial charge is 0.125 e. The molecule has 1 heterocycles. The van der Waals surface area contributed by atoms with Crippen LogP contribution in [-0.2, 0) is 5.88 Å². The van der Waals surface area contributed by atoms with E-state index in [2.05, 4.69) is 10.3 Å². The molecule has 0 saturated heterocycles. The standard InChI is InChI=1S/C15H10ClF2N3/c16-9-14-15(10-4-6-11(17)7-5-10)21(20-19-14)13-3-1-2-12(18)8-13/h1-8H,9H2. The van der Waals surface area contributed by atoms with Crippen LogP contribution < -0.4 is 0 Å². The zero-order chi connectivity index (χ0) is 14.8. The van der Waals surface area contributed by atoms with Gasteiger partial charge in [0.15, 0.2) is 0 Å².